The molecule has 1 aliphatic carbocycles. The largest absolute Gasteiger partial charge is 0.360 e. The number of aromatic nitrogens is 1. The molecule has 2 amide bonds. The van der Waals surface area contributed by atoms with E-state index in [0.717, 1.165) is 5.56 Å². The zero-order chi connectivity index (χ0) is 21.5. The van der Waals surface area contributed by atoms with Crippen LogP contribution in [0, 0.1) is 12.3 Å². The van der Waals surface area contributed by atoms with Crippen molar-refractivity contribution in [1.29, 1.82) is 0 Å². The first kappa shape index (κ1) is 20.6. The lowest BCUT2D eigenvalue weighted by molar-refractivity contribution is -0.130. The monoisotopic (exact) mass is 431 g/mol. The van der Waals surface area contributed by atoms with Crippen molar-refractivity contribution < 1.29 is 22.5 Å². The Hall–Kier alpha value is -2.68. The van der Waals surface area contributed by atoms with Gasteiger partial charge in [-0.25, -0.2) is 8.42 Å². The molecule has 2 heterocycles. The Morgan fingerprint density at radius 2 is 1.93 bits per heavy atom. The van der Waals surface area contributed by atoms with Gasteiger partial charge >= 0.3 is 0 Å². The Balaban J connectivity index is 1.56. The minimum Gasteiger partial charge on any atom is -0.360 e. The van der Waals surface area contributed by atoms with Gasteiger partial charge in [-0.15, -0.1) is 0 Å². The fraction of sp³-hybridized carbons (Fsp3) is 0.476. The number of amides is 2. The molecule has 30 heavy (non-hydrogen) atoms. The van der Waals surface area contributed by atoms with Gasteiger partial charge in [0.15, 0.2) is 0 Å². The number of carbonyl (C=O) groups is 2. The van der Waals surface area contributed by atoms with Gasteiger partial charge in [-0.05, 0) is 39.5 Å². The molecule has 1 saturated carbocycles. The van der Waals surface area contributed by atoms with E-state index in [4.69, 9.17) is 4.52 Å². The lowest BCUT2D eigenvalue weighted by Crippen LogP contribution is -2.53. The Morgan fingerprint density at radius 3 is 2.60 bits per heavy atom. The van der Waals surface area contributed by atoms with Gasteiger partial charge < -0.3 is 9.42 Å². The van der Waals surface area contributed by atoms with Crippen molar-refractivity contribution in [2.45, 2.75) is 44.8 Å². The number of rotatable bonds is 5. The number of likely N-dealkylation sites (tertiary alicyclic amines) is 1. The fourth-order valence-corrected chi connectivity index (χ4v) is 5.32. The molecule has 0 spiro atoms. The summed E-state index contributed by atoms with van der Waals surface area (Å²) in [5.74, 6) is -0.402. The van der Waals surface area contributed by atoms with Crippen molar-refractivity contribution >= 4 is 21.8 Å². The van der Waals surface area contributed by atoms with Crippen molar-refractivity contribution in [3.8, 4) is 11.3 Å². The number of carbonyl (C=O) groups excluding carboxylic acids is 2. The Labute approximate surface area is 175 Å². The van der Waals surface area contributed by atoms with E-state index in [1.165, 1.54) is 0 Å². The average Bonchev–Trinajstić information content (AvgIpc) is 3.51. The van der Waals surface area contributed by atoms with Crippen molar-refractivity contribution in [2.24, 2.45) is 5.41 Å². The SMILES string of the molecule is Cc1onc(-c2ccccc2)c1C(=O)N1CCCC(C)(C(=O)NS(=O)(=O)C2CC2)C1. The molecule has 8 nitrogen and oxygen atoms in total. The molecule has 1 saturated heterocycles. The van der Waals surface area contributed by atoms with Crippen LogP contribution in [0.3, 0.4) is 0 Å². The molecule has 4 rings (SSSR count). The normalized spacial score (nSPS) is 22.0. The predicted molar refractivity (Wildman–Crippen MR) is 110 cm³/mol. The van der Waals surface area contributed by atoms with Gasteiger partial charge in [-0.2, -0.15) is 0 Å². The molecule has 1 aromatic carbocycles. The first-order chi connectivity index (χ1) is 14.2. The first-order valence-corrected chi connectivity index (χ1v) is 11.6. The highest BCUT2D eigenvalue weighted by molar-refractivity contribution is 7.90. The predicted octanol–water partition coefficient (Wildman–Crippen LogP) is 2.50. The molecule has 2 aliphatic rings. The van der Waals surface area contributed by atoms with E-state index in [9.17, 15) is 18.0 Å². The molecular weight excluding hydrogens is 406 g/mol. The fourth-order valence-electron chi connectivity index (χ4n) is 3.89. The van der Waals surface area contributed by atoms with E-state index in [1.54, 1.807) is 18.7 Å². The highest BCUT2D eigenvalue weighted by Gasteiger charge is 2.44. The Kier molecular flexibility index (Phi) is 5.17. The van der Waals surface area contributed by atoms with E-state index in [0.29, 0.717) is 49.2 Å². The maximum atomic E-state index is 13.4. The second-order valence-corrected chi connectivity index (χ2v) is 10.4. The molecular formula is C21H25N3O5S. The number of nitrogens with zero attached hydrogens (tertiary/aromatic N) is 2. The van der Waals surface area contributed by atoms with E-state index in [1.807, 2.05) is 30.3 Å². The van der Waals surface area contributed by atoms with Crippen molar-refractivity contribution in [2.75, 3.05) is 13.1 Å². The van der Waals surface area contributed by atoms with Crippen LogP contribution >= 0.6 is 0 Å². The Bertz CT molecular complexity index is 1080. The van der Waals surface area contributed by atoms with Crippen LogP contribution < -0.4 is 4.72 Å². The summed E-state index contributed by atoms with van der Waals surface area (Å²) >= 11 is 0. The molecule has 2 fully saturated rings. The van der Waals surface area contributed by atoms with E-state index >= 15 is 0 Å². The van der Waals surface area contributed by atoms with Gasteiger partial charge in [-0.3, -0.25) is 14.3 Å². The summed E-state index contributed by atoms with van der Waals surface area (Å²) < 4.78 is 31.9. The molecule has 160 valence electrons. The van der Waals surface area contributed by atoms with Crippen LogP contribution in [-0.2, 0) is 14.8 Å². The third-order valence-corrected chi connectivity index (χ3v) is 7.67. The van der Waals surface area contributed by atoms with Crippen LogP contribution in [0.1, 0.15) is 48.7 Å². The molecule has 1 aromatic heterocycles. The van der Waals surface area contributed by atoms with Gasteiger partial charge in [-0.1, -0.05) is 35.5 Å². The summed E-state index contributed by atoms with van der Waals surface area (Å²) in [5.41, 5.74) is 0.627. The maximum absolute atomic E-state index is 13.4. The summed E-state index contributed by atoms with van der Waals surface area (Å²) in [7, 11) is -3.63. The van der Waals surface area contributed by atoms with Gasteiger partial charge in [0.25, 0.3) is 5.91 Å². The highest BCUT2D eigenvalue weighted by Crippen LogP contribution is 2.34. The third kappa shape index (κ3) is 3.86. The number of nitrogens with one attached hydrogen (secondary N) is 1. The van der Waals surface area contributed by atoms with Gasteiger partial charge in [0.2, 0.25) is 15.9 Å². The van der Waals surface area contributed by atoms with Crippen LogP contribution in [0.4, 0.5) is 0 Å². The van der Waals surface area contributed by atoms with Crippen LogP contribution in [-0.4, -0.2) is 48.6 Å². The third-order valence-electron chi connectivity index (χ3n) is 5.85. The number of hydrogen-bond donors (Lipinski definition) is 1. The summed E-state index contributed by atoms with van der Waals surface area (Å²) in [4.78, 5) is 27.8. The molecule has 9 heteroatoms. The molecule has 1 N–H and O–H groups in total. The summed E-state index contributed by atoms with van der Waals surface area (Å²) in [6.45, 7) is 4.01. The minimum absolute atomic E-state index is 0.136. The van der Waals surface area contributed by atoms with E-state index in [2.05, 4.69) is 9.88 Å². The molecule has 1 atom stereocenters. The lowest BCUT2D eigenvalue weighted by Gasteiger charge is -2.39. The molecule has 2 aromatic rings. The highest BCUT2D eigenvalue weighted by atomic mass is 32.2. The smallest absolute Gasteiger partial charge is 0.259 e. The average molecular weight is 432 g/mol. The molecule has 0 bridgehead atoms. The number of aryl methyl sites for hydroxylation is 1. The summed E-state index contributed by atoms with van der Waals surface area (Å²) in [5, 5.41) is 3.59. The van der Waals surface area contributed by atoms with Crippen molar-refractivity contribution in [3.05, 3.63) is 41.7 Å². The van der Waals surface area contributed by atoms with Crippen LogP contribution in [0.25, 0.3) is 11.3 Å². The van der Waals surface area contributed by atoms with Crippen molar-refractivity contribution in [1.82, 2.24) is 14.8 Å². The zero-order valence-corrected chi connectivity index (χ0v) is 17.9. The van der Waals surface area contributed by atoms with Crippen molar-refractivity contribution in [3.63, 3.8) is 0 Å². The topological polar surface area (TPSA) is 110 Å². The Morgan fingerprint density at radius 1 is 1.23 bits per heavy atom. The second-order valence-electron chi connectivity index (χ2n) is 8.39. The quantitative estimate of drug-likeness (QED) is 0.779. The second kappa shape index (κ2) is 7.54. The van der Waals surface area contributed by atoms with Crippen LogP contribution in [0.5, 0.6) is 0 Å². The van der Waals surface area contributed by atoms with Crippen LogP contribution in [0.15, 0.2) is 34.9 Å². The number of piperidine rings is 1. The van der Waals surface area contributed by atoms with Gasteiger partial charge in [0, 0.05) is 18.7 Å². The minimum atomic E-state index is -3.63. The lowest BCUT2D eigenvalue weighted by atomic mass is 9.81. The number of benzene rings is 1. The molecule has 0 radical (unpaired) electrons. The van der Waals surface area contributed by atoms with Gasteiger partial charge in [0.05, 0.1) is 10.7 Å². The first-order valence-electron chi connectivity index (χ1n) is 10.1. The maximum Gasteiger partial charge on any atom is 0.259 e. The standard InChI is InChI=1S/C21H25N3O5S/c1-14-17(18(22-29-14)15-7-4-3-5-8-15)19(25)24-12-6-11-21(2,13-24)20(26)23-30(27,28)16-9-10-16/h3-5,7-8,16H,6,9-13H2,1-2H3,(H,23,26). The number of hydrogen-bond acceptors (Lipinski definition) is 6. The summed E-state index contributed by atoms with van der Waals surface area (Å²) in [6.07, 6.45) is 2.28. The summed E-state index contributed by atoms with van der Waals surface area (Å²) in [6, 6.07) is 9.30. The van der Waals surface area contributed by atoms with Crippen LogP contribution in [0.2, 0.25) is 0 Å². The molecule has 1 unspecified atom stereocenters. The zero-order valence-electron chi connectivity index (χ0n) is 17.1. The van der Waals surface area contributed by atoms with Gasteiger partial charge in [0.1, 0.15) is 17.0 Å². The van der Waals surface area contributed by atoms with E-state index in [-0.39, 0.29) is 12.5 Å². The molecule has 1 aliphatic heterocycles. The number of sulfonamides is 1. The van der Waals surface area contributed by atoms with E-state index < -0.39 is 26.6 Å².